The summed E-state index contributed by atoms with van der Waals surface area (Å²) in [6.45, 7) is 0.141. The summed E-state index contributed by atoms with van der Waals surface area (Å²) < 4.78 is 11.9. The van der Waals surface area contributed by atoms with Crippen LogP contribution in [0.2, 0.25) is 0 Å². The zero-order chi connectivity index (χ0) is 15.4. The smallest absolute Gasteiger partial charge is 0.263 e. The van der Waals surface area contributed by atoms with Gasteiger partial charge in [0.2, 0.25) is 0 Å². The molecule has 1 saturated heterocycles. The van der Waals surface area contributed by atoms with Crippen LogP contribution in [0.25, 0.3) is 6.08 Å². The van der Waals surface area contributed by atoms with Crippen molar-refractivity contribution in [3.8, 4) is 23.8 Å². The number of thiocarbonyl (C=S) groups is 1. The minimum atomic E-state index is -0.201. The van der Waals surface area contributed by atoms with Crippen LogP contribution in [0.3, 0.4) is 0 Å². The number of terminal acetylenes is 1. The quantitative estimate of drug-likeness (QED) is 0.492. The molecule has 1 N–H and O–H groups in total. The highest BCUT2D eigenvalue weighted by Crippen LogP contribution is 2.38. The summed E-state index contributed by atoms with van der Waals surface area (Å²) >= 11 is 9.58. The van der Waals surface area contributed by atoms with Gasteiger partial charge < -0.3 is 14.8 Å². The Bertz CT molecular complexity index is 680. The molecule has 0 radical (unpaired) electrons. The van der Waals surface area contributed by atoms with Crippen molar-refractivity contribution in [2.75, 3.05) is 13.7 Å². The van der Waals surface area contributed by atoms with Crippen molar-refractivity contribution in [2.24, 2.45) is 0 Å². The summed E-state index contributed by atoms with van der Waals surface area (Å²) in [5.41, 5.74) is 0.786. The number of amides is 1. The second kappa shape index (κ2) is 6.98. The van der Waals surface area contributed by atoms with Crippen LogP contribution < -0.4 is 14.8 Å². The van der Waals surface area contributed by atoms with Crippen molar-refractivity contribution < 1.29 is 14.3 Å². The number of hydrogen-bond acceptors (Lipinski definition) is 5. The number of carbonyl (C=O) groups is 1. The first-order valence-electron chi connectivity index (χ1n) is 5.73. The number of ether oxygens (including phenoxy) is 2. The summed E-state index contributed by atoms with van der Waals surface area (Å²) in [5.74, 6) is 3.25. The molecule has 0 unspecified atom stereocenters. The highest BCUT2D eigenvalue weighted by Gasteiger charge is 2.22. The third kappa shape index (κ3) is 3.79. The van der Waals surface area contributed by atoms with Gasteiger partial charge in [-0.1, -0.05) is 29.9 Å². The van der Waals surface area contributed by atoms with E-state index in [0.29, 0.717) is 25.2 Å². The molecule has 1 aromatic rings. The fourth-order valence-electron chi connectivity index (χ4n) is 1.65. The van der Waals surface area contributed by atoms with E-state index < -0.39 is 0 Å². The van der Waals surface area contributed by atoms with Crippen LogP contribution in [0.15, 0.2) is 21.5 Å². The third-order valence-electron chi connectivity index (χ3n) is 2.49. The topological polar surface area (TPSA) is 47.6 Å². The van der Waals surface area contributed by atoms with E-state index in [0.717, 1.165) is 5.56 Å². The van der Waals surface area contributed by atoms with Crippen molar-refractivity contribution in [1.29, 1.82) is 0 Å². The van der Waals surface area contributed by atoms with E-state index in [1.165, 1.54) is 18.9 Å². The van der Waals surface area contributed by atoms with Crippen molar-refractivity contribution >= 4 is 56.2 Å². The summed E-state index contributed by atoms with van der Waals surface area (Å²) in [7, 11) is 1.54. The minimum Gasteiger partial charge on any atom is -0.493 e. The molecule has 0 bridgehead atoms. The van der Waals surface area contributed by atoms with Crippen LogP contribution in [0.1, 0.15) is 5.56 Å². The molecule has 1 aromatic carbocycles. The van der Waals surface area contributed by atoms with Gasteiger partial charge in [-0.25, -0.2) is 0 Å². The molecule has 21 heavy (non-hydrogen) atoms. The standard InChI is InChI=1S/C14H10BrNO3S2/c1-3-4-19-12-9(15)5-8(6-10(12)18-2)7-11-13(17)16-14(20)21-11/h1,5-7H,4H2,2H3,(H,16,17,20). The first kappa shape index (κ1) is 15.9. The molecule has 1 aliphatic rings. The number of rotatable bonds is 4. The molecule has 0 spiro atoms. The molecule has 0 saturated carbocycles. The number of halogens is 1. The van der Waals surface area contributed by atoms with Gasteiger partial charge in [-0.05, 0) is 39.7 Å². The highest BCUT2D eigenvalue weighted by molar-refractivity contribution is 9.10. The zero-order valence-corrected chi connectivity index (χ0v) is 14.2. The number of methoxy groups -OCH3 is 1. The lowest BCUT2D eigenvalue weighted by Gasteiger charge is -2.12. The highest BCUT2D eigenvalue weighted by atomic mass is 79.9. The second-order valence-corrected chi connectivity index (χ2v) is 6.45. The zero-order valence-electron chi connectivity index (χ0n) is 10.9. The van der Waals surface area contributed by atoms with Gasteiger partial charge in [0.1, 0.15) is 10.9 Å². The summed E-state index contributed by atoms with van der Waals surface area (Å²) in [6.07, 6.45) is 6.92. The Balaban J connectivity index is 2.37. The molecular weight excluding hydrogens is 374 g/mol. The Morgan fingerprint density at radius 3 is 2.90 bits per heavy atom. The lowest BCUT2D eigenvalue weighted by molar-refractivity contribution is -0.115. The number of carbonyl (C=O) groups excluding carboxylic acids is 1. The van der Waals surface area contributed by atoms with E-state index in [4.69, 9.17) is 28.1 Å². The van der Waals surface area contributed by atoms with E-state index >= 15 is 0 Å². The first-order valence-corrected chi connectivity index (χ1v) is 7.75. The minimum absolute atomic E-state index is 0.141. The van der Waals surface area contributed by atoms with Gasteiger partial charge in [0.05, 0.1) is 16.5 Å². The Morgan fingerprint density at radius 2 is 2.33 bits per heavy atom. The van der Waals surface area contributed by atoms with Crippen molar-refractivity contribution in [3.05, 3.63) is 27.1 Å². The van der Waals surface area contributed by atoms with E-state index in [1.54, 1.807) is 12.1 Å². The molecule has 0 aromatic heterocycles. The maximum atomic E-state index is 11.7. The van der Waals surface area contributed by atoms with Gasteiger partial charge in [-0.2, -0.15) is 0 Å². The monoisotopic (exact) mass is 383 g/mol. The van der Waals surface area contributed by atoms with Gasteiger partial charge in [-0.15, -0.1) is 6.42 Å². The maximum Gasteiger partial charge on any atom is 0.263 e. The van der Waals surface area contributed by atoms with Crippen LogP contribution in [0.5, 0.6) is 11.5 Å². The molecule has 1 fully saturated rings. The Kier molecular flexibility index (Phi) is 5.28. The van der Waals surface area contributed by atoms with Crippen molar-refractivity contribution in [2.45, 2.75) is 0 Å². The van der Waals surface area contributed by atoms with Crippen LogP contribution in [0, 0.1) is 12.3 Å². The van der Waals surface area contributed by atoms with Crippen LogP contribution in [0.4, 0.5) is 0 Å². The number of nitrogens with one attached hydrogen (secondary N) is 1. The fourth-order valence-corrected chi connectivity index (χ4v) is 3.27. The maximum absolute atomic E-state index is 11.7. The van der Waals surface area contributed by atoms with E-state index in [-0.39, 0.29) is 12.5 Å². The largest absolute Gasteiger partial charge is 0.493 e. The van der Waals surface area contributed by atoms with Crippen LogP contribution in [-0.4, -0.2) is 23.9 Å². The van der Waals surface area contributed by atoms with Crippen LogP contribution in [-0.2, 0) is 4.79 Å². The molecule has 1 aliphatic heterocycles. The number of benzene rings is 1. The molecule has 7 heteroatoms. The first-order chi connectivity index (χ1) is 10.0. The van der Waals surface area contributed by atoms with Gasteiger partial charge in [0.25, 0.3) is 5.91 Å². The summed E-state index contributed by atoms with van der Waals surface area (Å²) in [6, 6.07) is 3.58. The average molecular weight is 384 g/mol. The lowest BCUT2D eigenvalue weighted by atomic mass is 10.2. The SMILES string of the molecule is C#CCOc1c(Br)cc(C=C2SC(=S)NC2=O)cc1OC. The van der Waals surface area contributed by atoms with Gasteiger partial charge in [0.15, 0.2) is 11.5 Å². The van der Waals surface area contributed by atoms with E-state index in [2.05, 4.69) is 27.2 Å². The number of thioether (sulfide) groups is 1. The molecule has 1 amide bonds. The Labute approximate surface area is 140 Å². The van der Waals surface area contributed by atoms with Crippen molar-refractivity contribution in [3.63, 3.8) is 0 Å². The van der Waals surface area contributed by atoms with E-state index in [9.17, 15) is 4.79 Å². The summed E-state index contributed by atoms with van der Waals surface area (Å²) in [4.78, 5) is 12.2. The van der Waals surface area contributed by atoms with Gasteiger partial charge in [0, 0.05) is 0 Å². The lowest BCUT2D eigenvalue weighted by Crippen LogP contribution is -2.17. The van der Waals surface area contributed by atoms with Gasteiger partial charge >= 0.3 is 0 Å². The molecule has 0 atom stereocenters. The molecule has 0 aliphatic carbocycles. The van der Waals surface area contributed by atoms with Crippen LogP contribution >= 0.6 is 39.9 Å². The predicted molar refractivity (Wildman–Crippen MR) is 91.3 cm³/mol. The Morgan fingerprint density at radius 1 is 1.57 bits per heavy atom. The molecule has 1 heterocycles. The molecule has 2 rings (SSSR count). The average Bonchev–Trinajstić information content (AvgIpc) is 2.75. The second-order valence-electron chi connectivity index (χ2n) is 3.88. The summed E-state index contributed by atoms with van der Waals surface area (Å²) in [5, 5.41) is 2.57. The normalized spacial score (nSPS) is 15.8. The number of hydrogen-bond donors (Lipinski definition) is 1. The predicted octanol–water partition coefficient (Wildman–Crippen LogP) is 2.96. The molecular formula is C14H10BrNO3S2. The molecule has 4 nitrogen and oxygen atoms in total. The van der Waals surface area contributed by atoms with Gasteiger partial charge in [-0.3, -0.25) is 4.79 Å². The third-order valence-corrected chi connectivity index (χ3v) is 4.24. The molecule has 108 valence electrons. The fraction of sp³-hybridized carbons (Fsp3) is 0.143. The van der Waals surface area contributed by atoms with Crippen molar-refractivity contribution in [1.82, 2.24) is 5.32 Å². The van der Waals surface area contributed by atoms with E-state index in [1.807, 2.05) is 6.07 Å². The Hall–Kier alpha value is -1.49.